The lowest BCUT2D eigenvalue weighted by Gasteiger charge is -1.75. The summed E-state index contributed by atoms with van der Waals surface area (Å²) in [6, 6.07) is 0. The molecule has 0 aliphatic rings. The van der Waals surface area contributed by atoms with Crippen LogP contribution in [0.25, 0.3) is 0 Å². The molecule has 0 aromatic carbocycles. The summed E-state index contributed by atoms with van der Waals surface area (Å²) in [5, 5.41) is 0. The van der Waals surface area contributed by atoms with Crippen molar-refractivity contribution in [1.29, 1.82) is 0 Å². The van der Waals surface area contributed by atoms with Gasteiger partial charge in [-0.15, -0.1) is 13.2 Å². The molecule has 0 spiro atoms. The zero-order valence-electron chi connectivity index (χ0n) is 11.8. The second-order valence-electron chi connectivity index (χ2n) is 1.35. The molecule has 0 bridgehead atoms. The second-order valence-corrected chi connectivity index (χ2v) is 1.35. The Balaban J connectivity index is -0.0000000287. The third-order valence-electron chi connectivity index (χ3n) is 0.451. The fraction of sp³-hybridized carbons (Fsp3) is 0.571. The molecule has 0 atom stereocenters. The van der Waals surface area contributed by atoms with E-state index in [2.05, 4.69) is 19.7 Å². The van der Waals surface area contributed by atoms with Gasteiger partial charge in [-0.3, -0.25) is 0 Å². The predicted octanol–water partition coefficient (Wildman–Crippen LogP) is 6.02. The SMILES string of the molecule is C=C.C=C(C)/C=C\C.CC.CC.CC. The molecule has 0 nitrogen and oxygen atoms in total. The van der Waals surface area contributed by atoms with E-state index in [9.17, 15) is 0 Å². The molecule has 0 heteroatoms. The predicted molar refractivity (Wildman–Crippen MR) is 74.9 cm³/mol. The molecular weight excluding hydrogens is 168 g/mol. The molecule has 0 aromatic rings. The molecule has 0 rings (SSSR count). The van der Waals surface area contributed by atoms with E-state index in [0.717, 1.165) is 5.57 Å². The largest absolute Gasteiger partial charge is 0.106 e. The Morgan fingerprint density at radius 3 is 1.07 bits per heavy atom. The molecule has 0 amide bonds. The van der Waals surface area contributed by atoms with Gasteiger partial charge in [0.25, 0.3) is 0 Å². The molecule has 14 heavy (non-hydrogen) atoms. The maximum atomic E-state index is 3.66. The van der Waals surface area contributed by atoms with Crippen molar-refractivity contribution in [2.75, 3.05) is 0 Å². The summed E-state index contributed by atoms with van der Waals surface area (Å²) in [6.45, 7) is 25.6. The monoisotopic (exact) mass is 200 g/mol. The maximum absolute atomic E-state index is 3.66. The van der Waals surface area contributed by atoms with Crippen molar-refractivity contribution in [1.82, 2.24) is 0 Å². The number of allylic oxidation sites excluding steroid dienone is 3. The summed E-state index contributed by atoms with van der Waals surface area (Å²) in [4.78, 5) is 0. The standard InChI is InChI=1S/C6H10.3C2H6.C2H4/c1-4-5-6(2)3;4*1-2/h4-5H,2H2,1,3H3;3*1-2H3;1-2H2/b5-4-;;;;. The van der Waals surface area contributed by atoms with Gasteiger partial charge in [0.05, 0.1) is 0 Å². The van der Waals surface area contributed by atoms with Crippen LogP contribution in [0.5, 0.6) is 0 Å². The second kappa shape index (κ2) is 86.4. The van der Waals surface area contributed by atoms with Gasteiger partial charge in [0.2, 0.25) is 0 Å². The lowest BCUT2D eigenvalue weighted by Crippen LogP contribution is -1.54. The summed E-state index contributed by atoms with van der Waals surface area (Å²) < 4.78 is 0. The maximum Gasteiger partial charge on any atom is -0.0404 e. The zero-order valence-corrected chi connectivity index (χ0v) is 11.8. The average Bonchev–Trinajstić information content (AvgIpc) is 2.29. The molecule has 0 aliphatic heterocycles. The molecule has 88 valence electrons. The molecule has 0 fully saturated rings. The molecule has 0 heterocycles. The van der Waals surface area contributed by atoms with Crippen molar-refractivity contribution in [2.45, 2.75) is 55.4 Å². The van der Waals surface area contributed by atoms with E-state index in [1.165, 1.54) is 0 Å². The minimum atomic E-state index is 1.11. The fourth-order valence-electron chi connectivity index (χ4n) is 0.285. The highest BCUT2D eigenvalue weighted by Crippen LogP contribution is 1.85. The lowest BCUT2D eigenvalue weighted by molar-refractivity contribution is 1.50. The third kappa shape index (κ3) is 238. The first-order chi connectivity index (χ1) is 6.77. The minimum absolute atomic E-state index is 1.11. The van der Waals surface area contributed by atoms with Crippen LogP contribution < -0.4 is 0 Å². The molecule has 0 aliphatic carbocycles. The van der Waals surface area contributed by atoms with E-state index in [1.54, 1.807) is 0 Å². The fourth-order valence-corrected chi connectivity index (χ4v) is 0.285. The number of hydrogen-bond acceptors (Lipinski definition) is 0. The van der Waals surface area contributed by atoms with Gasteiger partial charge in [-0.1, -0.05) is 65.8 Å². The van der Waals surface area contributed by atoms with Crippen molar-refractivity contribution < 1.29 is 0 Å². The van der Waals surface area contributed by atoms with E-state index in [-0.39, 0.29) is 0 Å². The van der Waals surface area contributed by atoms with Gasteiger partial charge in [0.15, 0.2) is 0 Å². The van der Waals surface area contributed by atoms with Gasteiger partial charge in [-0.2, -0.15) is 0 Å². The highest BCUT2D eigenvalue weighted by atomic mass is 13.7. The molecule has 0 aromatic heterocycles. The summed E-state index contributed by atoms with van der Waals surface area (Å²) >= 11 is 0. The Kier molecular flexibility index (Phi) is 180. The number of hydrogen-bond donors (Lipinski definition) is 0. The summed E-state index contributed by atoms with van der Waals surface area (Å²) in [7, 11) is 0. The molecule has 0 N–H and O–H groups in total. The van der Waals surface area contributed by atoms with Crippen molar-refractivity contribution in [3.05, 3.63) is 37.5 Å². The van der Waals surface area contributed by atoms with Crippen LogP contribution in [0, 0.1) is 0 Å². The first kappa shape index (κ1) is 29.2. The normalized spacial score (nSPS) is 5.71. The number of rotatable bonds is 1. The molecular formula is C14H32. The van der Waals surface area contributed by atoms with Crippen LogP contribution in [-0.4, -0.2) is 0 Å². The van der Waals surface area contributed by atoms with Crippen LogP contribution in [0.2, 0.25) is 0 Å². The third-order valence-corrected chi connectivity index (χ3v) is 0.451. The highest BCUT2D eigenvalue weighted by Gasteiger charge is 1.63. The topological polar surface area (TPSA) is 0 Å². The van der Waals surface area contributed by atoms with Gasteiger partial charge in [-0.05, 0) is 13.8 Å². The Morgan fingerprint density at radius 1 is 0.857 bits per heavy atom. The molecule has 0 saturated carbocycles. The first-order valence-electron chi connectivity index (χ1n) is 5.55. The quantitative estimate of drug-likeness (QED) is 0.358. The first-order valence-corrected chi connectivity index (χ1v) is 5.55. The lowest BCUT2D eigenvalue weighted by atomic mass is 10.3. The average molecular weight is 200 g/mol. The van der Waals surface area contributed by atoms with Crippen molar-refractivity contribution in [2.24, 2.45) is 0 Å². The van der Waals surface area contributed by atoms with Crippen LogP contribution in [0.15, 0.2) is 37.5 Å². The Morgan fingerprint density at radius 2 is 1.07 bits per heavy atom. The van der Waals surface area contributed by atoms with Crippen LogP contribution >= 0.6 is 0 Å². The van der Waals surface area contributed by atoms with Crippen LogP contribution in [0.4, 0.5) is 0 Å². The van der Waals surface area contributed by atoms with E-state index < -0.39 is 0 Å². The van der Waals surface area contributed by atoms with Crippen LogP contribution in [-0.2, 0) is 0 Å². The molecule has 0 saturated heterocycles. The van der Waals surface area contributed by atoms with Gasteiger partial charge in [-0.25, -0.2) is 0 Å². The summed E-state index contributed by atoms with van der Waals surface area (Å²) in [5.74, 6) is 0. The van der Waals surface area contributed by atoms with Crippen LogP contribution in [0.1, 0.15) is 55.4 Å². The van der Waals surface area contributed by atoms with E-state index in [0.29, 0.717) is 0 Å². The van der Waals surface area contributed by atoms with Crippen molar-refractivity contribution in [3.8, 4) is 0 Å². The van der Waals surface area contributed by atoms with Gasteiger partial charge < -0.3 is 0 Å². The van der Waals surface area contributed by atoms with Crippen molar-refractivity contribution in [3.63, 3.8) is 0 Å². The van der Waals surface area contributed by atoms with Crippen LogP contribution in [0.3, 0.4) is 0 Å². The Hall–Kier alpha value is -0.780. The molecule has 0 radical (unpaired) electrons. The van der Waals surface area contributed by atoms with E-state index in [4.69, 9.17) is 0 Å². The van der Waals surface area contributed by atoms with E-state index >= 15 is 0 Å². The molecule has 0 unspecified atom stereocenters. The minimum Gasteiger partial charge on any atom is -0.106 e. The van der Waals surface area contributed by atoms with Crippen molar-refractivity contribution >= 4 is 0 Å². The van der Waals surface area contributed by atoms with Gasteiger partial charge >= 0.3 is 0 Å². The Bertz CT molecular complexity index is 78.0. The summed E-state index contributed by atoms with van der Waals surface area (Å²) in [5.41, 5.74) is 1.11. The van der Waals surface area contributed by atoms with E-state index in [1.807, 2.05) is 67.5 Å². The smallest absolute Gasteiger partial charge is 0.0404 e. The highest BCUT2D eigenvalue weighted by molar-refractivity contribution is 5.09. The zero-order chi connectivity index (χ0) is 13.0. The Labute approximate surface area is 93.4 Å². The van der Waals surface area contributed by atoms with Gasteiger partial charge in [0, 0.05) is 0 Å². The summed E-state index contributed by atoms with van der Waals surface area (Å²) in [6.07, 6.45) is 3.95. The van der Waals surface area contributed by atoms with Gasteiger partial charge in [0.1, 0.15) is 0 Å².